The summed E-state index contributed by atoms with van der Waals surface area (Å²) >= 11 is 1.17. The zero-order valence-electron chi connectivity index (χ0n) is 22.9. The Labute approximate surface area is 240 Å². The van der Waals surface area contributed by atoms with Gasteiger partial charge in [0, 0.05) is 13.0 Å². The fraction of sp³-hybridized carbons (Fsp3) is 0.379. The number of ether oxygens (including phenoxy) is 1. The standard InChI is InChI=1S/C29H32F2N4O5S/c1-17-25(41-18(2)33-17)27(38)34-22(13-19-7-5-4-6-8-19)24(36)28(39)35-16-29(30,31)14-23(35)26(37)32-15-20-9-11-21(40-3)12-10-20/h4-12,22-24,36H,13-16H2,1-3H3,(H,32,37)(H,34,38). The van der Waals surface area contributed by atoms with E-state index in [0.29, 0.717) is 37.4 Å². The number of aliphatic hydroxyl groups is 1. The predicted molar refractivity (Wildman–Crippen MR) is 149 cm³/mol. The molecular weight excluding hydrogens is 554 g/mol. The van der Waals surface area contributed by atoms with Crippen molar-refractivity contribution in [3.8, 4) is 5.75 Å². The highest BCUT2D eigenvalue weighted by Gasteiger charge is 2.51. The molecule has 1 aliphatic heterocycles. The van der Waals surface area contributed by atoms with Crippen LogP contribution >= 0.6 is 11.3 Å². The van der Waals surface area contributed by atoms with Crippen LogP contribution in [0.3, 0.4) is 0 Å². The summed E-state index contributed by atoms with van der Waals surface area (Å²) in [6.07, 6.45) is -2.72. The monoisotopic (exact) mass is 586 g/mol. The van der Waals surface area contributed by atoms with Crippen LogP contribution in [-0.2, 0) is 22.6 Å². The molecule has 3 amide bonds. The van der Waals surface area contributed by atoms with Gasteiger partial charge in [-0.3, -0.25) is 14.4 Å². The molecule has 1 aliphatic rings. The first-order valence-electron chi connectivity index (χ1n) is 13.0. The van der Waals surface area contributed by atoms with Crippen LogP contribution in [0, 0.1) is 13.8 Å². The first-order chi connectivity index (χ1) is 19.5. The maximum atomic E-state index is 14.6. The Bertz CT molecular complexity index is 1380. The van der Waals surface area contributed by atoms with E-state index in [0.717, 1.165) is 0 Å². The number of aromatic nitrogens is 1. The number of hydrogen-bond acceptors (Lipinski definition) is 7. The molecule has 41 heavy (non-hydrogen) atoms. The van der Waals surface area contributed by atoms with E-state index in [9.17, 15) is 28.3 Å². The number of nitrogens with zero attached hydrogens (tertiary/aromatic N) is 2. The van der Waals surface area contributed by atoms with Crippen molar-refractivity contribution >= 4 is 29.1 Å². The minimum atomic E-state index is -3.33. The van der Waals surface area contributed by atoms with Crippen molar-refractivity contribution in [3.05, 3.63) is 81.3 Å². The number of aryl methyl sites for hydroxylation is 2. The number of carbonyl (C=O) groups excluding carboxylic acids is 3. The molecule has 0 saturated carbocycles. The van der Waals surface area contributed by atoms with Crippen LogP contribution in [0.1, 0.15) is 37.9 Å². The Kier molecular flexibility index (Phi) is 9.34. The van der Waals surface area contributed by atoms with Crippen LogP contribution < -0.4 is 15.4 Å². The highest BCUT2D eigenvalue weighted by atomic mass is 32.1. The summed E-state index contributed by atoms with van der Waals surface area (Å²) in [5.41, 5.74) is 1.92. The SMILES string of the molecule is COc1ccc(CNC(=O)C2CC(F)(F)CN2C(=O)C(O)C(Cc2ccccc2)NC(=O)c2sc(C)nc2C)cc1. The van der Waals surface area contributed by atoms with Gasteiger partial charge >= 0.3 is 0 Å². The van der Waals surface area contributed by atoms with Gasteiger partial charge in [-0.25, -0.2) is 13.8 Å². The first-order valence-corrected chi connectivity index (χ1v) is 13.8. The van der Waals surface area contributed by atoms with Gasteiger partial charge in [-0.05, 0) is 43.5 Å². The van der Waals surface area contributed by atoms with Gasteiger partial charge in [-0.1, -0.05) is 42.5 Å². The molecule has 2 aromatic carbocycles. The van der Waals surface area contributed by atoms with Crippen LogP contribution in [0.4, 0.5) is 8.78 Å². The van der Waals surface area contributed by atoms with Gasteiger partial charge in [0.1, 0.15) is 16.7 Å². The number of amides is 3. The van der Waals surface area contributed by atoms with Gasteiger partial charge in [0.25, 0.3) is 17.7 Å². The second-order valence-electron chi connectivity index (χ2n) is 9.97. The number of thiazole rings is 1. The summed E-state index contributed by atoms with van der Waals surface area (Å²) in [5, 5.41) is 17.2. The van der Waals surface area contributed by atoms with E-state index in [1.54, 1.807) is 68.4 Å². The third-order valence-corrected chi connectivity index (χ3v) is 7.91. The number of likely N-dealkylation sites (tertiary alicyclic amines) is 1. The fourth-order valence-corrected chi connectivity index (χ4v) is 5.58. The summed E-state index contributed by atoms with van der Waals surface area (Å²) in [5.74, 6) is -5.07. The number of benzene rings is 2. The highest BCUT2D eigenvalue weighted by Crippen LogP contribution is 2.33. The summed E-state index contributed by atoms with van der Waals surface area (Å²) in [7, 11) is 1.52. The van der Waals surface area contributed by atoms with Crippen molar-refractivity contribution in [3.63, 3.8) is 0 Å². The van der Waals surface area contributed by atoms with Crippen LogP contribution in [-0.4, -0.2) is 70.5 Å². The fourth-order valence-electron chi connectivity index (χ4n) is 4.76. The Morgan fingerprint density at radius 1 is 1.12 bits per heavy atom. The molecule has 3 atom stereocenters. The average Bonchev–Trinajstić information content (AvgIpc) is 3.48. The normalized spacial score (nSPS) is 17.5. The maximum absolute atomic E-state index is 14.6. The van der Waals surface area contributed by atoms with Gasteiger partial charge in [-0.15, -0.1) is 11.3 Å². The van der Waals surface area contributed by atoms with E-state index >= 15 is 0 Å². The summed E-state index contributed by atoms with van der Waals surface area (Å²) in [4.78, 5) is 44.9. The Balaban J connectivity index is 1.52. The molecule has 12 heteroatoms. The molecule has 0 bridgehead atoms. The summed E-state index contributed by atoms with van der Waals surface area (Å²) in [6.45, 7) is 2.45. The highest BCUT2D eigenvalue weighted by molar-refractivity contribution is 7.13. The number of nitrogens with one attached hydrogen (secondary N) is 2. The van der Waals surface area contributed by atoms with Crippen LogP contribution in [0.2, 0.25) is 0 Å². The molecule has 0 aliphatic carbocycles. The molecule has 2 heterocycles. The van der Waals surface area contributed by atoms with Crippen molar-refractivity contribution in [2.24, 2.45) is 0 Å². The number of halogens is 2. The topological polar surface area (TPSA) is 121 Å². The van der Waals surface area contributed by atoms with E-state index in [4.69, 9.17) is 4.74 Å². The molecule has 4 rings (SSSR count). The number of carbonyl (C=O) groups is 3. The molecule has 218 valence electrons. The zero-order chi connectivity index (χ0) is 29.7. The van der Waals surface area contributed by atoms with E-state index in [1.165, 1.54) is 18.4 Å². The van der Waals surface area contributed by atoms with Gasteiger partial charge < -0.3 is 25.4 Å². The van der Waals surface area contributed by atoms with E-state index in [2.05, 4.69) is 15.6 Å². The van der Waals surface area contributed by atoms with Crippen molar-refractivity contribution < 1.29 is 33.0 Å². The summed E-state index contributed by atoms with van der Waals surface area (Å²) < 4.78 is 34.2. The number of alkyl halides is 2. The van der Waals surface area contributed by atoms with Gasteiger partial charge in [-0.2, -0.15) is 0 Å². The largest absolute Gasteiger partial charge is 0.497 e. The van der Waals surface area contributed by atoms with Gasteiger partial charge in [0.2, 0.25) is 5.91 Å². The van der Waals surface area contributed by atoms with E-state index in [1.807, 2.05) is 0 Å². The second-order valence-corrected chi connectivity index (χ2v) is 11.2. The lowest BCUT2D eigenvalue weighted by Crippen LogP contribution is -2.55. The molecule has 0 radical (unpaired) electrons. The third kappa shape index (κ3) is 7.44. The molecule has 1 fully saturated rings. The molecule has 1 aromatic heterocycles. The second kappa shape index (κ2) is 12.7. The molecule has 3 unspecified atom stereocenters. The molecule has 1 saturated heterocycles. The lowest BCUT2D eigenvalue weighted by atomic mass is 9.99. The molecule has 3 aromatic rings. The minimum absolute atomic E-state index is 0.0505. The van der Waals surface area contributed by atoms with Crippen molar-refractivity contribution in [1.29, 1.82) is 0 Å². The Hall–Kier alpha value is -3.90. The number of methoxy groups -OCH3 is 1. The number of aliphatic hydroxyl groups excluding tert-OH is 1. The van der Waals surface area contributed by atoms with Gasteiger partial charge in [0.15, 0.2) is 6.10 Å². The third-order valence-electron chi connectivity index (χ3n) is 6.84. The quantitative estimate of drug-likeness (QED) is 0.336. The molecule has 9 nitrogen and oxygen atoms in total. The smallest absolute Gasteiger partial charge is 0.267 e. The van der Waals surface area contributed by atoms with Crippen LogP contribution in [0.25, 0.3) is 0 Å². The first kappa shape index (κ1) is 30.1. The zero-order valence-corrected chi connectivity index (χ0v) is 23.7. The Morgan fingerprint density at radius 2 is 1.80 bits per heavy atom. The lowest BCUT2D eigenvalue weighted by molar-refractivity contribution is -0.147. The number of rotatable bonds is 10. The van der Waals surface area contributed by atoms with E-state index < -0.39 is 54.8 Å². The Morgan fingerprint density at radius 3 is 2.41 bits per heavy atom. The predicted octanol–water partition coefficient (Wildman–Crippen LogP) is 3.02. The van der Waals surface area contributed by atoms with Crippen molar-refractivity contribution in [2.75, 3.05) is 13.7 Å². The van der Waals surface area contributed by atoms with Gasteiger partial charge in [0.05, 0.1) is 30.4 Å². The van der Waals surface area contributed by atoms with Crippen LogP contribution in [0.15, 0.2) is 54.6 Å². The minimum Gasteiger partial charge on any atom is -0.497 e. The average molecular weight is 587 g/mol. The number of hydrogen-bond donors (Lipinski definition) is 3. The van der Waals surface area contributed by atoms with Crippen molar-refractivity contribution in [2.45, 2.75) is 57.3 Å². The molecular formula is C29H32F2N4O5S. The van der Waals surface area contributed by atoms with E-state index in [-0.39, 0.29) is 13.0 Å². The molecule has 0 spiro atoms. The molecule has 3 N–H and O–H groups in total. The maximum Gasteiger partial charge on any atom is 0.267 e. The lowest BCUT2D eigenvalue weighted by Gasteiger charge is -2.30. The van der Waals surface area contributed by atoms with Crippen molar-refractivity contribution in [1.82, 2.24) is 20.5 Å². The summed E-state index contributed by atoms with van der Waals surface area (Å²) in [6, 6.07) is 13.0. The van der Waals surface area contributed by atoms with Crippen LogP contribution in [0.5, 0.6) is 5.75 Å².